The number of ether oxygens (including phenoxy) is 1. The lowest BCUT2D eigenvalue weighted by atomic mass is 9.88. The zero-order chi connectivity index (χ0) is 16.8. The number of hydrogen-bond donors (Lipinski definition) is 1. The number of hydrogen-bond acceptors (Lipinski definition) is 4. The third-order valence-electron chi connectivity index (χ3n) is 4.98. The Hall–Kier alpha value is -1.69. The number of benzene rings is 1. The molecule has 130 valence electrons. The lowest BCUT2D eigenvalue weighted by Crippen LogP contribution is -2.68. The molecule has 1 N–H and O–H groups in total. The fourth-order valence-electron chi connectivity index (χ4n) is 3.67. The van der Waals surface area contributed by atoms with E-state index < -0.39 is 5.54 Å². The molecule has 1 aromatic rings. The first-order valence-electron chi connectivity index (χ1n) is 8.74. The molecular weight excluding hydrogens is 302 g/mol. The molecule has 0 aromatic heterocycles. The zero-order valence-corrected chi connectivity index (χ0v) is 14.2. The Morgan fingerprint density at radius 2 is 2.00 bits per heavy atom. The molecule has 5 heteroatoms. The molecule has 2 aliphatic rings. The molecule has 1 atom stereocenters. The van der Waals surface area contributed by atoms with Crippen molar-refractivity contribution < 1.29 is 9.53 Å². The summed E-state index contributed by atoms with van der Waals surface area (Å²) in [5.41, 5.74) is 0.690. The summed E-state index contributed by atoms with van der Waals surface area (Å²) in [4.78, 5) is 17.7. The normalized spacial score (nSPS) is 25.4. The van der Waals surface area contributed by atoms with Crippen LogP contribution in [0.1, 0.15) is 12.0 Å². The fraction of sp³-hybridized carbons (Fsp3) is 0.526. The molecule has 2 saturated heterocycles. The Morgan fingerprint density at radius 3 is 2.71 bits per heavy atom. The van der Waals surface area contributed by atoms with Gasteiger partial charge in [0.25, 0.3) is 0 Å². The van der Waals surface area contributed by atoms with Crippen molar-refractivity contribution in [3.8, 4) is 0 Å². The maximum atomic E-state index is 13.4. The summed E-state index contributed by atoms with van der Waals surface area (Å²) < 4.78 is 5.41. The highest BCUT2D eigenvalue weighted by Crippen LogP contribution is 2.28. The predicted octanol–water partition coefficient (Wildman–Crippen LogP) is 1.27. The number of carbonyl (C=O) groups excluding carboxylic acids is 1. The van der Waals surface area contributed by atoms with Crippen molar-refractivity contribution in [1.82, 2.24) is 15.1 Å². The standard InChI is InChI=1S/C19H27N3O2/c1-2-8-19(18(23)21-11-13-24-14-12-21)16-20-9-10-22(19)15-17-6-4-3-5-7-17/h2-7,20H,1,8-16H2. The summed E-state index contributed by atoms with van der Waals surface area (Å²) in [5.74, 6) is 0.203. The summed E-state index contributed by atoms with van der Waals surface area (Å²) >= 11 is 0. The van der Waals surface area contributed by atoms with Gasteiger partial charge in [-0.3, -0.25) is 9.69 Å². The highest BCUT2D eigenvalue weighted by molar-refractivity contribution is 5.87. The Morgan fingerprint density at radius 1 is 1.25 bits per heavy atom. The molecule has 1 unspecified atom stereocenters. The minimum absolute atomic E-state index is 0.203. The first-order chi connectivity index (χ1) is 11.8. The summed E-state index contributed by atoms with van der Waals surface area (Å²) in [5, 5.41) is 3.43. The third kappa shape index (κ3) is 3.53. The van der Waals surface area contributed by atoms with Gasteiger partial charge in [-0.2, -0.15) is 0 Å². The highest BCUT2D eigenvalue weighted by atomic mass is 16.5. The minimum atomic E-state index is -0.548. The molecule has 0 spiro atoms. The zero-order valence-electron chi connectivity index (χ0n) is 14.2. The second kappa shape index (κ2) is 7.92. The Kier molecular flexibility index (Phi) is 5.66. The second-order valence-electron chi connectivity index (χ2n) is 6.51. The number of piperazine rings is 1. The van der Waals surface area contributed by atoms with Crippen molar-refractivity contribution in [3.05, 3.63) is 48.6 Å². The van der Waals surface area contributed by atoms with Gasteiger partial charge >= 0.3 is 0 Å². The first-order valence-corrected chi connectivity index (χ1v) is 8.74. The van der Waals surface area contributed by atoms with Crippen LogP contribution in [0.2, 0.25) is 0 Å². The molecule has 2 heterocycles. The SMILES string of the molecule is C=CCC1(C(=O)N2CCOCC2)CNCCN1Cc1ccccc1. The van der Waals surface area contributed by atoms with Crippen LogP contribution >= 0.6 is 0 Å². The molecule has 0 radical (unpaired) electrons. The van der Waals surface area contributed by atoms with Gasteiger partial charge in [0.2, 0.25) is 5.91 Å². The number of rotatable bonds is 5. The molecule has 1 aromatic carbocycles. The van der Waals surface area contributed by atoms with Gasteiger partial charge in [-0.25, -0.2) is 0 Å². The Labute approximate surface area is 144 Å². The quantitative estimate of drug-likeness (QED) is 0.826. The number of morpholine rings is 1. The van der Waals surface area contributed by atoms with Crippen LogP contribution in [0.4, 0.5) is 0 Å². The molecule has 3 rings (SSSR count). The molecule has 0 bridgehead atoms. The van der Waals surface area contributed by atoms with Crippen LogP contribution in [0.3, 0.4) is 0 Å². The van der Waals surface area contributed by atoms with Gasteiger partial charge in [0.05, 0.1) is 13.2 Å². The van der Waals surface area contributed by atoms with Crippen LogP contribution in [0.15, 0.2) is 43.0 Å². The summed E-state index contributed by atoms with van der Waals surface area (Å²) in [6.45, 7) is 9.75. The minimum Gasteiger partial charge on any atom is -0.378 e. The summed E-state index contributed by atoms with van der Waals surface area (Å²) in [6, 6.07) is 10.4. The van der Waals surface area contributed by atoms with Crippen molar-refractivity contribution in [2.75, 3.05) is 45.9 Å². The smallest absolute Gasteiger partial charge is 0.244 e. The number of amides is 1. The van der Waals surface area contributed by atoms with Crippen LogP contribution < -0.4 is 5.32 Å². The van der Waals surface area contributed by atoms with Gasteiger partial charge in [0.15, 0.2) is 0 Å². The molecule has 1 amide bonds. The van der Waals surface area contributed by atoms with Crippen molar-refractivity contribution >= 4 is 5.91 Å². The molecule has 0 aliphatic carbocycles. The van der Waals surface area contributed by atoms with E-state index in [2.05, 4.69) is 41.1 Å². The molecule has 24 heavy (non-hydrogen) atoms. The van der Waals surface area contributed by atoms with E-state index in [1.165, 1.54) is 5.56 Å². The van der Waals surface area contributed by atoms with E-state index in [4.69, 9.17) is 4.74 Å². The molecule has 2 aliphatic heterocycles. The van der Waals surface area contributed by atoms with Crippen molar-refractivity contribution in [2.45, 2.75) is 18.5 Å². The van der Waals surface area contributed by atoms with Crippen molar-refractivity contribution in [3.63, 3.8) is 0 Å². The maximum absolute atomic E-state index is 13.4. The average molecular weight is 329 g/mol. The van der Waals surface area contributed by atoms with Crippen LogP contribution in [-0.4, -0.2) is 67.2 Å². The van der Waals surface area contributed by atoms with E-state index in [1.54, 1.807) is 0 Å². The lowest BCUT2D eigenvalue weighted by Gasteiger charge is -2.48. The van der Waals surface area contributed by atoms with Crippen LogP contribution in [0.5, 0.6) is 0 Å². The molecular formula is C19H27N3O2. The lowest BCUT2D eigenvalue weighted by molar-refractivity contribution is -0.150. The molecule has 5 nitrogen and oxygen atoms in total. The highest BCUT2D eigenvalue weighted by Gasteiger charge is 2.46. The largest absolute Gasteiger partial charge is 0.378 e. The van der Waals surface area contributed by atoms with Crippen LogP contribution in [0.25, 0.3) is 0 Å². The van der Waals surface area contributed by atoms with Gasteiger partial charge in [-0.05, 0) is 12.0 Å². The summed E-state index contributed by atoms with van der Waals surface area (Å²) in [6.07, 6.45) is 2.53. The van der Waals surface area contributed by atoms with Crippen molar-refractivity contribution in [1.29, 1.82) is 0 Å². The van der Waals surface area contributed by atoms with Crippen LogP contribution in [0, 0.1) is 0 Å². The Bertz CT molecular complexity index is 557. The van der Waals surface area contributed by atoms with E-state index in [1.807, 2.05) is 17.0 Å². The predicted molar refractivity (Wildman–Crippen MR) is 94.7 cm³/mol. The van der Waals surface area contributed by atoms with E-state index in [-0.39, 0.29) is 5.91 Å². The number of nitrogens with zero attached hydrogens (tertiary/aromatic N) is 2. The van der Waals surface area contributed by atoms with E-state index >= 15 is 0 Å². The van der Waals surface area contributed by atoms with E-state index in [0.29, 0.717) is 39.3 Å². The van der Waals surface area contributed by atoms with Crippen LogP contribution in [-0.2, 0) is 16.1 Å². The number of carbonyl (C=O) groups is 1. The third-order valence-corrected chi connectivity index (χ3v) is 4.98. The van der Waals surface area contributed by atoms with E-state index in [9.17, 15) is 4.79 Å². The van der Waals surface area contributed by atoms with E-state index in [0.717, 1.165) is 19.6 Å². The first kappa shape index (κ1) is 17.1. The topological polar surface area (TPSA) is 44.8 Å². The maximum Gasteiger partial charge on any atom is 0.244 e. The monoisotopic (exact) mass is 329 g/mol. The second-order valence-corrected chi connectivity index (χ2v) is 6.51. The van der Waals surface area contributed by atoms with Gasteiger partial charge in [0.1, 0.15) is 5.54 Å². The molecule has 0 saturated carbocycles. The van der Waals surface area contributed by atoms with Gasteiger partial charge < -0.3 is 15.0 Å². The molecule has 2 fully saturated rings. The summed E-state index contributed by atoms with van der Waals surface area (Å²) in [7, 11) is 0. The van der Waals surface area contributed by atoms with Gasteiger partial charge in [0, 0.05) is 39.3 Å². The number of nitrogens with one attached hydrogen (secondary N) is 1. The fourth-order valence-corrected chi connectivity index (χ4v) is 3.67. The van der Waals surface area contributed by atoms with Gasteiger partial charge in [-0.1, -0.05) is 36.4 Å². The Balaban J connectivity index is 1.85. The van der Waals surface area contributed by atoms with Crippen molar-refractivity contribution in [2.24, 2.45) is 0 Å². The average Bonchev–Trinajstić information content (AvgIpc) is 2.64. The van der Waals surface area contributed by atoms with Gasteiger partial charge in [-0.15, -0.1) is 6.58 Å².